The lowest BCUT2D eigenvalue weighted by atomic mass is 10.2. The summed E-state index contributed by atoms with van der Waals surface area (Å²) >= 11 is 0.259. The minimum absolute atomic E-state index is 0.259. The Kier molecular flexibility index (Phi) is 2.37. The highest BCUT2D eigenvalue weighted by molar-refractivity contribution is 7.94. The maximum absolute atomic E-state index is 12.5. The van der Waals surface area contributed by atoms with Crippen molar-refractivity contribution in [1.82, 2.24) is 9.97 Å². The molecular weight excluding hydrogens is 199 g/mol. The molecular formula is C10H9FN2S. The van der Waals surface area contributed by atoms with E-state index in [9.17, 15) is 3.89 Å². The summed E-state index contributed by atoms with van der Waals surface area (Å²) in [7, 11) is 0. The monoisotopic (exact) mass is 208 g/mol. The first-order chi connectivity index (χ1) is 6.70. The predicted molar refractivity (Wildman–Crippen MR) is 56.0 cm³/mol. The molecule has 0 amide bonds. The molecule has 2 nitrogen and oxygen atoms in total. The summed E-state index contributed by atoms with van der Waals surface area (Å²) in [6.07, 6.45) is 1.72. The highest BCUT2D eigenvalue weighted by atomic mass is 32.2. The zero-order valence-electron chi connectivity index (χ0n) is 7.91. The van der Waals surface area contributed by atoms with Crippen molar-refractivity contribution in [2.24, 2.45) is 0 Å². The fourth-order valence-corrected chi connectivity index (χ4v) is 1.69. The summed E-state index contributed by atoms with van der Waals surface area (Å²) in [4.78, 5) is 8.97. The van der Waals surface area contributed by atoms with Gasteiger partial charge < -0.3 is 0 Å². The van der Waals surface area contributed by atoms with Crippen molar-refractivity contribution in [3.05, 3.63) is 29.7 Å². The van der Waals surface area contributed by atoms with Crippen LogP contribution in [0.4, 0.5) is 3.89 Å². The molecule has 0 bridgehead atoms. The number of aryl methyl sites for hydroxylation is 2. The highest BCUT2D eigenvalue weighted by Crippen LogP contribution is 2.26. The van der Waals surface area contributed by atoms with E-state index in [0.717, 1.165) is 22.3 Å². The number of fused-ring (bicyclic) bond motifs is 1. The van der Waals surface area contributed by atoms with Crippen LogP contribution < -0.4 is 0 Å². The van der Waals surface area contributed by atoms with Crippen LogP contribution in [-0.4, -0.2) is 9.97 Å². The molecule has 0 N–H and O–H groups in total. The van der Waals surface area contributed by atoms with Crippen LogP contribution in [0.25, 0.3) is 10.9 Å². The second-order valence-electron chi connectivity index (χ2n) is 3.17. The Bertz CT molecular complexity index is 485. The van der Waals surface area contributed by atoms with E-state index in [0.29, 0.717) is 4.90 Å². The Morgan fingerprint density at radius 2 is 2.07 bits per heavy atom. The molecule has 0 saturated heterocycles. The fraction of sp³-hybridized carbons (Fsp3) is 0.200. The van der Waals surface area contributed by atoms with Gasteiger partial charge in [0.1, 0.15) is 5.82 Å². The molecule has 4 heteroatoms. The van der Waals surface area contributed by atoms with Crippen molar-refractivity contribution in [3.8, 4) is 0 Å². The minimum atomic E-state index is 0.259. The van der Waals surface area contributed by atoms with Crippen LogP contribution in [0, 0.1) is 13.8 Å². The Labute approximate surface area is 85.9 Å². The van der Waals surface area contributed by atoms with Gasteiger partial charge in [-0.1, -0.05) is 0 Å². The lowest BCUT2D eigenvalue weighted by Gasteiger charge is -2.03. The summed E-state index contributed by atoms with van der Waals surface area (Å²) in [5.74, 6) is 0.734. The highest BCUT2D eigenvalue weighted by Gasteiger charge is 2.03. The van der Waals surface area contributed by atoms with E-state index in [2.05, 4.69) is 9.97 Å². The van der Waals surface area contributed by atoms with Crippen LogP contribution in [0.15, 0.2) is 23.2 Å². The van der Waals surface area contributed by atoms with Crippen LogP contribution in [-0.2, 0) is 0 Å². The van der Waals surface area contributed by atoms with Crippen molar-refractivity contribution in [2.45, 2.75) is 18.7 Å². The molecule has 0 aliphatic rings. The van der Waals surface area contributed by atoms with Gasteiger partial charge in [-0.05, 0) is 31.5 Å². The molecule has 2 rings (SSSR count). The molecule has 0 aliphatic heterocycles. The lowest BCUT2D eigenvalue weighted by molar-refractivity contribution is 0.932. The van der Waals surface area contributed by atoms with Gasteiger partial charge in [-0.25, -0.2) is 9.97 Å². The Balaban J connectivity index is 2.73. The minimum Gasteiger partial charge on any atom is -0.241 e. The summed E-state index contributed by atoms with van der Waals surface area (Å²) in [6.45, 7) is 3.71. The Hall–Kier alpha value is -1.16. The number of halogens is 1. The van der Waals surface area contributed by atoms with Crippen molar-refractivity contribution in [2.75, 3.05) is 0 Å². The summed E-state index contributed by atoms with van der Waals surface area (Å²) in [5, 5.41) is 0.876. The normalized spacial score (nSPS) is 10.8. The number of hydrogen-bond acceptors (Lipinski definition) is 3. The molecule has 0 radical (unpaired) electrons. The van der Waals surface area contributed by atoms with E-state index >= 15 is 0 Å². The topological polar surface area (TPSA) is 25.8 Å². The van der Waals surface area contributed by atoms with E-state index in [1.807, 2.05) is 19.9 Å². The van der Waals surface area contributed by atoms with E-state index < -0.39 is 0 Å². The molecule has 0 saturated carbocycles. The fourth-order valence-electron chi connectivity index (χ4n) is 1.34. The van der Waals surface area contributed by atoms with Gasteiger partial charge in [-0.2, -0.15) is 3.89 Å². The summed E-state index contributed by atoms with van der Waals surface area (Å²) < 4.78 is 12.5. The van der Waals surface area contributed by atoms with Crippen LogP contribution in [0.3, 0.4) is 0 Å². The molecule has 0 aliphatic carbocycles. The Morgan fingerprint density at radius 3 is 2.79 bits per heavy atom. The number of nitrogens with zero attached hydrogens (tertiary/aromatic N) is 2. The second-order valence-corrected chi connectivity index (χ2v) is 3.77. The van der Waals surface area contributed by atoms with Gasteiger partial charge in [-0.3, -0.25) is 0 Å². The van der Waals surface area contributed by atoms with Gasteiger partial charge in [0.05, 0.1) is 17.7 Å². The predicted octanol–water partition coefficient (Wildman–Crippen LogP) is 3.22. The molecule has 1 aromatic heterocycles. The van der Waals surface area contributed by atoms with E-state index in [-0.39, 0.29) is 12.1 Å². The van der Waals surface area contributed by atoms with Crippen LogP contribution in [0.1, 0.15) is 11.4 Å². The van der Waals surface area contributed by atoms with Gasteiger partial charge in [0, 0.05) is 16.5 Å². The third-order valence-electron chi connectivity index (χ3n) is 2.08. The number of rotatable bonds is 1. The average molecular weight is 208 g/mol. The van der Waals surface area contributed by atoms with Crippen molar-refractivity contribution in [3.63, 3.8) is 0 Å². The van der Waals surface area contributed by atoms with Gasteiger partial charge in [0.15, 0.2) is 0 Å². The third-order valence-corrected chi connectivity index (χ3v) is 2.69. The van der Waals surface area contributed by atoms with E-state index in [4.69, 9.17) is 0 Å². The summed E-state index contributed by atoms with van der Waals surface area (Å²) in [6, 6.07) is 3.65. The quantitative estimate of drug-likeness (QED) is 0.719. The molecule has 0 spiro atoms. The SMILES string of the molecule is Cc1ncc2cc(SF)c(C)cc2n1. The van der Waals surface area contributed by atoms with E-state index in [1.165, 1.54) is 0 Å². The summed E-state index contributed by atoms with van der Waals surface area (Å²) in [5.41, 5.74) is 1.77. The average Bonchev–Trinajstić information content (AvgIpc) is 2.16. The zero-order chi connectivity index (χ0) is 10.1. The molecule has 1 aromatic carbocycles. The van der Waals surface area contributed by atoms with Crippen molar-refractivity contribution < 1.29 is 3.89 Å². The molecule has 14 heavy (non-hydrogen) atoms. The first-order valence-corrected chi connectivity index (χ1v) is 4.95. The van der Waals surface area contributed by atoms with Gasteiger partial charge in [0.2, 0.25) is 0 Å². The maximum Gasteiger partial charge on any atom is 0.125 e. The number of aromatic nitrogens is 2. The zero-order valence-corrected chi connectivity index (χ0v) is 8.73. The number of benzene rings is 1. The first-order valence-electron chi connectivity index (χ1n) is 4.23. The molecule has 1 heterocycles. The molecule has 2 aromatic rings. The van der Waals surface area contributed by atoms with Crippen molar-refractivity contribution in [1.29, 1.82) is 0 Å². The molecule has 72 valence electrons. The van der Waals surface area contributed by atoms with Gasteiger partial charge >= 0.3 is 0 Å². The maximum atomic E-state index is 12.5. The van der Waals surface area contributed by atoms with Crippen LogP contribution in [0.2, 0.25) is 0 Å². The van der Waals surface area contributed by atoms with Crippen LogP contribution in [0.5, 0.6) is 0 Å². The largest absolute Gasteiger partial charge is 0.241 e. The third kappa shape index (κ3) is 1.57. The van der Waals surface area contributed by atoms with Gasteiger partial charge in [0.25, 0.3) is 0 Å². The first kappa shape index (κ1) is 9.40. The van der Waals surface area contributed by atoms with Crippen molar-refractivity contribution >= 4 is 23.1 Å². The Morgan fingerprint density at radius 1 is 1.29 bits per heavy atom. The second kappa shape index (κ2) is 3.53. The lowest BCUT2D eigenvalue weighted by Crippen LogP contribution is -1.89. The standard InChI is InChI=1S/C10H9FN2S/c1-6-3-9-8(4-10(6)14-11)5-12-7(2)13-9/h3-5H,1-2H3. The van der Waals surface area contributed by atoms with Gasteiger partial charge in [-0.15, -0.1) is 0 Å². The molecule has 0 unspecified atom stereocenters. The van der Waals surface area contributed by atoms with E-state index in [1.54, 1.807) is 12.3 Å². The molecule has 0 atom stereocenters. The number of hydrogen-bond donors (Lipinski definition) is 0. The molecule has 0 fully saturated rings. The van der Waals surface area contributed by atoms with Crippen LogP contribution >= 0.6 is 12.1 Å². The smallest absolute Gasteiger partial charge is 0.125 e.